The molecule has 1 aliphatic rings. The van der Waals surface area contributed by atoms with E-state index >= 15 is 0 Å². The maximum atomic E-state index is 12.8. The first kappa shape index (κ1) is 25.2. The van der Waals surface area contributed by atoms with Gasteiger partial charge in [0.2, 0.25) is 5.91 Å². The fraction of sp³-hybridized carbons (Fsp3) is 0.296. The highest BCUT2D eigenvalue weighted by molar-refractivity contribution is 7.92. The minimum Gasteiger partial charge on any atom is -0.326 e. The van der Waals surface area contributed by atoms with Gasteiger partial charge in [0, 0.05) is 23.2 Å². The van der Waals surface area contributed by atoms with Crippen molar-refractivity contribution in [3.63, 3.8) is 0 Å². The minimum atomic E-state index is -3.77. The maximum Gasteiger partial charge on any atom is 0.261 e. The van der Waals surface area contributed by atoms with Gasteiger partial charge in [0.1, 0.15) is 0 Å². The lowest BCUT2D eigenvalue weighted by atomic mass is 9.95. The molecule has 1 amide bonds. The summed E-state index contributed by atoms with van der Waals surface area (Å²) in [6, 6.07) is 19.6. The third-order valence-corrected chi connectivity index (χ3v) is 8.27. The Labute approximate surface area is 212 Å². The summed E-state index contributed by atoms with van der Waals surface area (Å²) in [5.41, 5.74) is 4.45. The number of amides is 1. The molecule has 8 heteroatoms. The van der Waals surface area contributed by atoms with E-state index in [4.69, 9.17) is 11.6 Å². The Kier molecular flexibility index (Phi) is 7.79. The number of likely N-dealkylation sites (tertiary alicyclic amines) is 1. The lowest BCUT2D eigenvalue weighted by Crippen LogP contribution is -2.37. The van der Waals surface area contributed by atoms with Crippen LogP contribution < -0.4 is 10.0 Å². The first-order chi connectivity index (χ1) is 16.7. The number of hydrogen-bond donors (Lipinski definition) is 2. The van der Waals surface area contributed by atoms with Crippen LogP contribution in [0.4, 0.5) is 11.4 Å². The Morgan fingerprint density at radius 3 is 2.26 bits per heavy atom. The molecule has 0 unspecified atom stereocenters. The highest BCUT2D eigenvalue weighted by Gasteiger charge is 2.25. The van der Waals surface area contributed by atoms with Crippen molar-refractivity contribution in [2.24, 2.45) is 5.92 Å². The molecule has 0 bridgehead atoms. The largest absolute Gasteiger partial charge is 0.326 e. The number of carbonyl (C=O) groups is 1. The number of anilines is 2. The molecule has 3 aromatic rings. The van der Waals surface area contributed by atoms with Crippen LogP contribution >= 0.6 is 11.6 Å². The Hall–Kier alpha value is -2.87. The van der Waals surface area contributed by atoms with Crippen molar-refractivity contribution in [3.05, 3.63) is 88.4 Å². The van der Waals surface area contributed by atoms with Gasteiger partial charge in [-0.15, -0.1) is 0 Å². The van der Waals surface area contributed by atoms with Crippen molar-refractivity contribution >= 4 is 38.9 Å². The molecule has 0 aromatic heterocycles. The van der Waals surface area contributed by atoms with Gasteiger partial charge in [-0.1, -0.05) is 41.9 Å². The van der Waals surface area contributed by atoms with Gasteiger partial charge in [-0.25, -0.2) is 8.42 Å². The first-order valence-electron chi connectivity index (χ1n) is 11.7. The number of nitrogens with zero attached hydrogens (tertiary/aromatic N) is 1. The van der Waals surface area contributed by atoms with Crippen LogP contribution in [0.2, 0.25) is 5.02 Å². The number of rotatable bonds is 7. The fourth-order valence-corrected chi connectivity index (χ4v) is 5.44. The van der Waals surface area contributed by atoms with Gasteiger partial charge in [0.25, 0.3) is 10.0 Å². The molecule has 1 heterocycles. The molecule has 0 saturated carbocycles. The molecule has 1 aliphatic heterocycles. The van der Waals surface area contributed by atoms with Gasteiger partial charge >= 0.3 is 0 Å². The molecule has 2 N–H and O–H groups in total. The van der Waals surface area contributed by atoms with Crippen LogP contribution in [0.1, 0.15) is 29.5 Å². The number of piperidine rings is 1. The number of nitrogens with one attached hydrogen (secondary N) is 2. The van der Waals surface area contributed by atoms with Crippen LogP contribution in [0.15, 0.2) is 71.6 Å². The van der Waals surface area contributed by atoms with Crippen molar-refractivity contribution in [2.45, 2.75) is 38.1 Å². The van der Waals surface area contributed by atoms with Crippen LogP contribution in [0.25, 0.3) is 0 Å². The summed E-state index contributed by atoms with van der Waals surface area (Å²) in [5.74, 6) is -0.0805. The summed E-state index contributed by atoms with van der Waals surface area (Å²) in [6.07, 6.45) is 1.60. The molecular weight excluding hydrogens is 482 g/mol. The minimum absolute atomic E-state index is 0.0245. The van der Waals surface area contributed by atoms with Gasteiger partial charge in [-0.05, 0) is 92.9 Å². The summed E-state index contributed by atoms with van der Waals surface area (Å²) in [6.45, 7) is 6.62. The number of carbonyl (C=O) groups excluding carboxylic acids is 1. The molecule has 0 atom stereocenters. The summed E-state index contributed by atoms with van der Waals surface area (Å²) in [4.78, 5) is 15.3. The summed E-state index contributed by atoms with van der Waals surface area (Å²) in [7, 11) is -3.77. The average Bonchev–Trinajstić information content (AvgIpc) is 2.83. The number of benzene rings is 3. The number of aryl methyl sites for hydroxylation is 2. The quantitative estimate of drug-likeness (QED) is 0.432. The van der Waals surface area contributed by atoms with E-state index in [1.165, 1.54) is 23.3 Å². The monoisotopic (exact) mass is 511 g/mol. The maximum absolute atomic E-state index is 12.8. The Morgan fingerprint density at radius 2 is 1.60 bits per heavy atom. The Balaban J connectivity index is 1.31. The number of hydrogen-bond acceptors (Lipinski definition) is 4. The van der Waals surface area contributed by atoms with Gasteiger partial charge < -0.3 is 5.32 Å². The van der Waals surface area contributed by atoms with E-state index in [-0.39, 0.29) is 16.7 Å². The van der Waals surface area contributed by atoms with E-state index in [9.17, 15) is 13.2 Å². The summed E-state index contributed by atoms with van der Waals surface area (Å²) >= 11 is 6.09. The van der Waals surface area contributed by atoms with Crippen LogP contribution in [-0.4, -0.2) is 32.3 Å². The average molecular weight is 512 g/mol. The molecule has 1 saturated heterocycles. The summed E-state index contributed by atoms with van der Waals surface area (Å²) in [5, 5.41) is 3.43. The first-order valence-corrected chi connectivity index (χ1v) is 13.5. The zero-order chi connectivity index (χ0) is 25.0. The van der Waals surface area contributed by atoms with E-state index in [2.05, 4.69) is 40.1 Å². The van der Waals surface area contributed by atoms with Crippen molar-refractivity contribution < 1.29 is 13.2 Å². The zero-order valence-corrected chi connectivity index (χ0v) is 21.5. The van der Waals surface area contributed by atoms with Crippen LogP contribution in [0, 0.1) is 19.8 Å². The molecule has 1 fully saturated rings. The van der Waals surface area contributed by atoms with Crippen molar-refractivity contribution in [1.82, 2.24) is 4.90 Å². The number of sulfonamides is 1. The SMILES string of the molecule is Cc1ccc(NS(=O)(=O)c2ccc(NC(=O)C3CCN(Cc4ccccc4C)CC3)cc2)cc1Cl. The molecule has 184 valence electrons. The molecule has 35 heavy (non-hydrogen) atoms. The summed E-state index contributed by atoms with van der Waals surface area (Å²) < 4.78 is 28.0. The van der Waals surface area contributed by atoms with Gasteiger partial charge in [-0.2, -0.15) is 0 Å². The smallest absolute Gasteiger partial charge is 0.261 e. The standard InChI is InChI=1S/C27H30ClN3O3S/c1-19-5-3-4-6-22(19)18-31-15-13-21(14-16-31)27(32)29-23-9-11-25(12-10-23)35(33,34)30-24-8-7-20(2)26(28)17-24/h3-12,17,21,30H,13-16,18H2,1-2H3,(H,29,32). The second-order valence-electron chi connectivity index (χ2n) is 9.06. The van der Waals surface area contributed by atoms with E-state index in [0.29, 0.717) is 16.4 Å². The second-order valence-corrected chi connectivity index (χ2v) is 11.1. The molecule has 3 aromatic carbocycles. The lowest BCUT2D eigenvalue weighted by molar-refractivity contribution is -0.121. The van der Waals surface area contributed by atoms with Gasteiger partial charge in [0.15, 0.2) is 0 Å². The van der Waals surface area contributed by atoms with Crippen molar-refractivity contribution in [2.75, 3.05) is 23.1 Å². The molecular formula is C27H30ClN3O3S. The van der Waals surface area contributed by atoms with E-state index in [1.54, 1.807) is 30.3 Å². The molecule has 0 radical (unpaired) electrons. The zero-order valence-electron chi connectivity index (χ0n) is 19.9. The highest BCUT2D eigenvalue weighted by Crippen LogP contribution is 2.25. The predicted molar refractivity (Wildman–Crippen MR) is 141 cm³/mol. The van der Waals surface area contributed by atoms with Crippen LogP contribution in [0.3, 0.4) is 0 Å². The van der Waals surface area contributed by atoms with E-state index in [1.807, 2.05) is 13.0 Å². The highest BCUT2D eigenvalue weighted by atomic mass is 35.5. The molecule has 0 spiro atoms. The predicted octanol–water partition coefficient (Wildman–Crippen LogP) is 5.61. The fourth-order valence-electron chi connectivity index (χ4n) is 4.21. The second kappa shape index (κ2) is 10.8. The third kappa shape index (κ3) is 6.42. The van der Waals surface area contributed by atoms with Crippen LogP contribution in [0.5, 0.6) is 0 Å². The van der Waals surface area contributed by atoms with Crippen molar-refractivity contribution in [3.8, 4) is 0 Å². The number of halogens is 1. The van der Waals surface area contributed by atoms with Gasteiger partial charge in [-0.3, -0.25) is 14.4 Å². The Bertz CT molecular complexity index is 1300. The topological polar surface area (TPSA) is 78.5 Å². The normalized spacial score (nSPS) is 15.1. The molecule has 6 nitrogen and oxygen atoms in total. The third-order valence-electron chi connectivity index (χ3n) is 6.47. The van der Waals surface area contributed by atoms with Crippen LogP contribution in [-0.2, 0) is 21.4 Å². The van der Waals surface area contributed by atoms with E-state index < -0.39 is 10.0 Å². The van der Waals surface area contributed by atoms with Gasteiger partial charge in [0.05, 0.1) is 10.6 Å². The Morgan fingerprint density at radius 1 is 0.943 bits per heavy atom. The molecule has 4 rings (SSSR count). The van der Waals surface area contributed by atoms with E-state index in [0.717, 1.165) is 38.0 Å². The molecule has 0 aliphatic carbocycles. The lowest BCUT2D eigenvalue weighted by Gasteiger charge is -2.31. The van der Waals surface area contributed by atoms with Crippen molar-refractivity contribution in [1.29, 1.82) is 0 Å².